The summed E-state index contributed by atoms with van der Waals surface area (Å²) in [4.78, 5) is 17.1. The lowest BCUT2D eigenvalue weighted by atomic mass is 10.1. The Morgan fingerprint density at radius 1 is 1.10 bits per heavy atom. The zero-order chi connectivity index (χ0) is 21.8. The maximum absolute atomic E-state index is 13.0. The van der Waals surface area contributed by atoms with Gasteiger partial charge in [-0.25, -0.2) is 0 Å². The summed E-state index contributed by atoms with van der Waals surface area (Å²) in [7, 11) is -1.97. The number of carbonyl (C=O) groups is 1. The number of amidine groups is 1. The van der Waals surface area contributed by atoms with Crippen molar-refractivity contribution in [2.75, 3.05) is 25.5 Å². The molecule has 2 aliphatic heterocycles. The van der Waals surface area contributed by atoms with E-state index in [1.165, 1.54) is 17.7 Å². The fraction of sp³-hybridized carbons (Fsp3) is 0.391. The monoisotopic (exact) mass is 440 g/mol. The van der Waals surface area contributed by atoms with Crippen LogP contribution in [0.15, 0.2) is 63.9 Å². The Morgan fingerprint density at radius 2 is 1.90 bits per heavy atom. The molecule has 1 atom stereocenters. The lowest BCUT2D eigenvalue weighted by molar-refractivity contribution is -0.120. The molecule has 0 saturated carbocycles. The van der Waals surface area contributed by atoms with Gasteiger partial charge in [0, 0.05) is 32.2 Å². The van der Waals surface area contributed by atoms with Gasteiger partial charge in [0.2, 0.25) is 5.91 Å². The molecule has 1 N–H and O–H groups in total. The van der Waals surface area contributed by atoms with Gasteiger partial charge in [0.1, 0.15) is 5.84 Å². The lowest BCUT2D eigenvalue weighted by Gasteiger charge is -2.23. The van der Waals surface area contributed by atoms with Crippen molar-refractivity contribution in [3.63, 3.8) is 0 Å². The van der Waals surface area contributed by atoms with Gasteiger partial charge in [-0.15, -0.1) is 4.40 Å². The van der Waals surface area contributed by atoms with E-state index < -0.39 is 10.0 Å². The average Bonchev–Trinajstić information content (AvgIpc) is 3.38. The Bertz CT molecular complexity index is 1070. The molecule has 2 aromatic rings. The van der Waals surface area contributed by atoms with E-state index >= 15 is 0 Å². The predicted molar refractivity (Wildman–Crippen MR) is 121 cm³/mol. The van der Waals surface area contributed by atoms with E-state index in [1.807, 2.05) is 30.1 Å². The molecule has 0 radical (unpaired) electrons. The second-order valence-electron chi connectivity index (χ2n) is 8.14. The van der Waals surface area contributed by atoms with Crippen LogP contribution in [-0.4, -0.2) is 56.1 Å². The number of hydrogen-bond donors (Lipinski definition) is 1. The summed E-state index contributed by atoms with van der Waals surface area (Å²) in [5.41, 5.74) is 1.64. The number of hydrogen-bond acceptors (Lipinski definition) is 4. The lowest BCUT2D eigenvalue weighted by Crippen LogP contribution is -2.39. The molecule has 8 heteroatoms. The molecule has 31 heavy (non-hydrogen) atoms. The number of sulfonamides is 1. The highest BCUT2D eigenvalue weighted by atomic mass is 32.2. The second kappa shape index (κ2) is 9.20. The Kier molecular flexibility index (Phi) is 6.38. The molecule has 2 saturated heterocycles. The third kappa shape index (κ3) is 5.14. The van der Waals surface area contributed by atoms with Crippen LogP contribution >= 0.6 is 0 Å². The van der Waals surface area contributed by atoms with Crippen LogP contribution in [0.2, 0.25) is 0 Å². The van der Waals surface area contributed by atoms with Crippen LogP contribution in [-0.2, 0) is 21.4 Å². The maximum atomic E-state index is 13.0. The standard InChI is InChI=1S/C23H28N4O3S/c1-26-14-7-13-22(26)25-31(29,30)20-11-5-10-19(16-20)24-23(28)21-12-6-15-27(21)17-18-8-3-2-4-9-18/h2-5,8-11,16,21H,6-7,12-15,17H2,1H3,(H,24,28)/b25-22-. The van der Waals surface area contributed by atoms with E-state index in [1.54, 1.807) is 12.1 Å². The molecule has 164 valence electrons. The SMILES string of the molecule is CN1CCC/C1=N/S(=O)(=O)c1cccc(NC(=O)C2CCCN2Cc2ccccc2)c1. The molecule has 2 fully saturated rings. The third-order valence-corrected chi connectivity index (χ3v) is 7.16. The largest absolute Gasteiger partial charge is 0.362 e. The van der Waals surface area contributed by atoms with Gasteiger partial charge in [-0.05, 0) is 49.6 Å². The van der Waals surface area contributed by atoms with Crippen molar-refractivity contribution in [2.45, 2.75) is 43.2 Å². The normalized spacial score (nSPS) is 21.0. The Labute approximate surface area is 183 Å². The Morgan fingerprint density at radius 3 is 2.65 bits per heavy atom. The van der Waals surface area contributed by atoms with E-state index in [9.17, 15) is 13.2 Å². The van der Waals surface area contributed by atoms with Crippen molar-refractivity contribution in [1.29, 1.82) is 0 Å². The first-order valence-electron chi connectivity index (χ1n) is 10.7. The number of anilines is 1. The van der Waals surface area contributed by atoms with Gasteiger partial charge in [-0.2, -0.15) is 8.42 Å². The number of likely N-dealkylation sites (tertiary alicyclic amines) is 2. The molecule has 0 bridgehead atoms. The van der Waals surface area contributed by atoms with Gasteiger partial charge in [0.05, 0.1) is 10.9 Å². The molecule has 2 aliphatic rings. The first-order chi connectivity index (χ1) is 14.9. The van der Waals surface area contributed by atoms with E-state index in [0.29, 0.717) is 17.9 Å². The van der Waals surface area contributed by atoms with Gasteiger partial charge >= 0.3 is 0 Å². The molecule has 2 heterocycles. The van der Waals surface area contributed by atoms with Crippen molar-refractivity contribution in [2.24, 2.45) is 4.40 Å². The fourth-order valence-corrected chi connectivity index (χ4v) is 5.33. The number of nitrogens with one attached hydrogen (secondary N) is 1. The van der Waals surface area contributed by atoms with Crippen molar-refractivity contribution < 1.29 is 13.2 Å². The van der Waals surface area contributed by atoms with E-state index in [2.05, 4.69) is 26.7 Å². The molecule has 0 aromatic heterocycles. The molecular weight excluding hydrogens is 412 g/mol. The minimum absolute atomic E-state index is 0.0886. The smallest absolute Gasteiger partial charge is 0.284 e. The molecular formula is C23H28N4O3S. The third-order valence-electron chi connectivity index (χ3n) is 5.85. The number of carbonyl (C=O) groups excluding carboxylic acids is 1. The quantitative estimate of drug-likeness (QED) is 0.746. The maximum Gasteiger partial charge on any atom is 0.284 e. The summed E-state index contributed by atoms with van der Waals surface area (Å²) < 4.78 is 29.5. The minimum Gasteiger partial charge on any atom is -0.362 e. The Hall–Kier alpha value is -2.71. The summed E-state index contributed by atoms with van der Waals surface area (Å²) in [5.74, 6) is 0.474. The number of nitrogens with zero attached hydrogens (tertiary/aromatic N) is 3. The van der Waals surface area contributed by atoms with Gasteiger partial charge in [-0.3, -0.25) is 9.69 Å². The highest BCUT2D eigenvalue weighted by molar-refractivity contribution is 7.90. The van der Waals surface area contributed by atoms with E-state index in [0.717, 1.165) is 38.9 Å². The number of rotatable bonds is 6. The zero-order valence-corrected chi connectivity index (χ0v) is 18.5. The van der Waals surface area contributed by atoms with Crippen LogP contribution in [0, 0.1) is 0 Å². The fourth-order valence-electron chi connectivity index (χ4n) is 4.19. The van der Waals surface area contributed by atoms with Gasteiger partial charge in [0.15, 0.2) is 0 Å². The predicted octanol–water partition coefficient (Wildman–Crippen LogP) is 3.10. The second-order valence-corrected chi connectivity index (χ2v) is 9.74. The highest BCUT2D eigenvalue weighted by Crippen LogP contribution is 2.24. The van der Waals surface area contributed by atoms with Crippen molar-refractivity contribution in [3.8, 4) is 0 Å². The summed E-state index contributed by atoms with van der Waals surface area (Å²) in [6.45, 7) is 2.40. The van der Waals surface area contributed by atoms with Crippen LogP contribution in [0.5, 0.6) is 0 Å². The first kappa shape index (κ1) is 21.5. The highest BCUT2D eigenvalue weighted by Gasteiger charge is 2.31. The molecule has 4 rings (SSSR count). The summed E-state index contributed by atoms with van der Waals surface area (Å²) in [5, 5.41) is 2.91. The molecule has 0 spiro atoms. The molecule has 2 aromatic carbocycles. The van der Waals surface area contributed by atoms with Gasteiger partial charge < -0.3 is 10.2 Å². The zero-order valence-electron chi connectivity index (χ0n) is 17.7. The van der Waals surface area contributed by atoms with Crippen LogP contribution in [0.1, 0.15) is 31.2 Å². The minimum atomic E-state index is -3.82. The van der Waals surface area contributed by atoms with Crippen LogP contribution < -0.4 is 5.32 Å². The number of amides is 1. The van der Waals surface area contributed by atoms with Gasteiger partial charge in [0.25, 0.3) is 10.0 Å². The van der Waals surface area contributed by atoms with Crippen molar-refractivity contribution in [3.05, 3.63) is 60.2 Å². The molecule has 7 nitrogen and oxygen atoms in total. The van der Waals surface area contributed by atoms with Crippen LogP contribution in [0.4, 0.5) is 5.69 Å². The summed E-state index contributed by atoms with van der Waals surface area (Å²) >= 11 is 0. The molecule has 1 amide bonds. The van der Waals surface area contributed by atoms with Crippen molar-refractivity contribution >= 4 is 27.5 Å². The summed E-state index contributed by atoms with van der Waals surface area (Å²) in [6.07, 6.45) is 3.31. The molecule has 1 unspecified atom stereocenters. The van der Waals surface area contributed by atoms with Gasteiger partial charge in [-0.1, -0.05) is 36.4 Å². The van der Waals surface area contributed by atoms with Crippen LogP contribution in [0.3, 0.4) is 0 Å². The Balaban J connectivity index is 1.46. The van der Waals surface area contributed by atoms with Crippen molar-refractivity contribution in [1.82, 2.24) is 9.80 Å². The number of benzene rings is 2. The van der Waals surface area contributed by atoms with Crippen LogP contribution in [0.25, 0.3) is 0 Å². The topological polar surface area (TPSA) is 82.1 Å². The summed E-state index contributed by atoms with van der Waals surface area (Å²) in [6, 6.07) is 16.2. The molecule has 0 aliphatic carbocycles. The van der Waals surface area contributed by atoms with E-state index in [-0.39, 0.29) is 16.8 Å². The van der Waals surface area contributed by atoms with E-state index in [4.69, 9.17) is 0 Å². The first-order valence-corrected chi connectivity index (χ1v) is 12.1. The average molecular weight is 441 g/mol.